The van der Waals surface area contributed by atoms with Gasteiger partial charge in [-0.3, -0.25) is 4.90 Å². The monoisotopic (exact) mass is 263 g/mol. The minimum absolute atomic E-state index is 0.0147. The van der Waals surface area contributed by atoms with Crippen molar-refractivity contribution < 1.29 is 23.0 Å². The van der Waals surface area contributed by atoms with Crippen molar-refractivity contribution in [2.45, 2.75) is 19.6 Å². The molecule has 1 aromatic carbocycles. The summed E-state index contributed by atoms with van der Waals surface area (Å²) in [4.78, 5) is 1.15. The van der Waals surface area contributed by atoms with Gasteiger partial charge in [0.1, 0.15) is 0 Å². The lowest BCUT2D eigenvalue weighted by atomic mass is 10.2. The molecule has 0 fully saturated rings. The Balaban J connectivity index is 2.70. The van der Waals surface area contributed by atoms with Gasteiger partial charge >= 0.3 is 6.18 Å². The van der Waals surface area contributed by atoms with Crippen LogP contribution < -0.4 is 4.74 Å². The molecule has 0 aliphatic carbocycles. The maximum absolute atomic E-state index is 12.2. The highest BCUT2D eigenvalue weighted by atomic mass is 19.4. The quantitative estimate of drug-likeness (QED) is 0.886. The molecular formula is C12H16F3NO2. The summed E-state index contributed by atoms with van der Waals surface area (Å²) in [6.07, 6.45) is -4.21. The van der Waals surface area contributed by atoms with Crippen molar-refractivity contribution >= 4 is 0 Å². The molecule has 0 bridgehead atoms. The molecule has 102 valence electrons. The number of rotatable bonds is 5. The Morgan fingerprint density at radius 3 is 2.56 bits per heavy atom. The van der Waals surface area contributed by atoms with Crippen molar-refractivity contribution in [2.24, 2.45) is 0 Å². The highest BCUT2D eigenvalue weighted by Crippen LogP contribution is 2.27. The first-order valence-electron chi connectivity index (χ1n) is 5.52. The van der Waals surface area contributed by atoms with Crippen molar-refractivity contribution in [3.63, 3.8) is 0 Å². The predicted octanol–water partition coefficient (Wildman–Crippen LogP) is 2.79. The molecule has 0 saturated heterocycles. The number of ether oxygens (including phenoxy) is 1. The Hall–Kier alpha value is -1.43. The Morgan fingerprint density at radius 1 is 1.33 bits per heavy atom. The first-order chi connectivity index (χ1) is 8.31. The maximum atomic E-state index is 12.2. The second-order valence-electron chi connectivity index (χ2n) is 4.02. The van der Waals surface area contributed by atoms with Gasteiger partial charge in [0, 0.05) is 6.54 Å². The third-order valence-electron chi connectivity index (χ3n) is 2.23. The zero-order valence-electron chi connectivity index (χ0n) is 10.3. The molecule has 1 aromatic rings. The van der Waals surface area contributed by atoms with E-state index in [2.05, 4.69) is 0 Å². The van der Waals surface area contributed by atoms with E-state index in [9.17, 15) is 18.3 Å². The summed E-state index contributed by atoms with van der Waals surface area (Å²) in [6.45, 7) is 1.31. The smallest absolute Gasteiger partial charge is 0.401 e. The lowest BCUT2D eigenvalue weighted by molar-refractivity contribution is -0.144. The van der Waals surface area contributed by atoms with Gasteiger partial charge in [0.15, 0.2) is 11.5 Å². The molecule has 0 heterocycles. The molecular weight excluding hydrogens is 247 g/mol. The standard InChI is InChI=1S/C12H16F3NO2/c1-3-18-11-6-9(4-5-10(11)17)7-16(2)8-12(13,14)15/h4-6,17H,3,7-8H2,1-2H3. The lowest BCUT2D eigenvalue weighted by Gasteiger charge is -2.19. The molecule has 1 N–H and O–H groups in total. The van der Waals surface area contributed by atoms with E-state index >= 15 is 0 Å². The van der Waals surface area contributed by atoms with Crippen LogP contribution >= 0.6 is 0 Å². The maximum Gasteiger partial charge on any atom is 0.401 e. The predicted molar refractivity (Wildman–Crippen MR) is 61.7 cm³/mol. The zero-order chi connectivity index (χ0) is 13.8. The van der Waals surface area contributed by atoms with Gasteiger partial charge in [0.05, 0.1) is 13.2 Å². The van der Waals surface area contributed by atoms with Crippen molar-refractivity contribution in [3.05, 3.63) is 23.8 Å². The van der Waals surface area contributed by atoms with Gasteiger partial charge in [-0.25, -0.2) is 0 Å². The topological polar surface area (TPSA) is 32.7 Å². The molecule has 0 aliphatic heterocycles. The summed E-state index contributed by atoms with van der Waals surface area (Å²) in [6, 6.07) is 4.54. The highest BCUT2D eigenvalue weighted by molar-refractivity contribution is 5.41. The molecule has 0 amide bonds. The SMILES string of the molecule is CCOc1cc(CN(C)CC(F)(F)F)ccc1O. The number of hydrogen-bond acceptors (Lipinski definition) is 3. The van der Waals surface area contributed by atoms with E-state index < -0.39 is 12.7 Å². The van der Waals surface area contributed by atoms with Crippen molar-refractivity contribution in [1.82, 2.24) is 4.90 Å². The van der Waals surface area contributed by atoms with Gasteiger partial charge in [-0.1, -0.05) is 6.07 Å². The first-order valence-corrected chi connectivity index (χ1v) is 5.52. The molecule has 0 atom stereocenters. The molecule has 0 saturated carbocycles. The summed E-state index contributed by atoms with van der Waals surface area (Å²) in [5, 5.41) is 9.47. The Morgan fingerprint density at radius 2 is 2.00 bits per heavy atom. The lowest BCUT2D eigenvalue weighted by Crippen LogP contribution is -2.30. The number of benzene rings is 1. The highest BCUT2D eigenvalue weighted by Gasteiger charge is 2.29. The Bertz CT molecular complexity index is 393. The number of alkyl halides is 3. The van der Waals surface area contributed by atoms with Crippen LogP contribution in [0.1, 0.15) is 12.5 Å². The molecule has 0 aliphatic rings. The van der Waals surface area contributed by atoms with Crippen LogP contribution in [0.3, 0.4) is 0 Å². The van der Waals surface area contributed by atoms with Crippen LogP contribution in [0.15, 0.2) is 18.2 Å². The van der Waals surface area contributed by atoms with E-state index in [4.69, 9.17) is 4.74 Å². The van der Waals surface area contributed by atoms with E-state index in [1.165, 1.54) is 13.1 Å². The third-order valence-corrected chi connectivity index (χ3v) is 2.23. The van der Waals surface area contributed by atoms with E-state index in [1.54, 1.807) is 19.1 Å². The Labute approximate surface area is 104 Å². The van der Waals surface area contributed by atoms with Crippen LogP contribution in [0.25, 0.3) is 0 Å². The van der Waals surface area contributed by atoms with Gasteiger partial charge in [0.25, 0.3) is 0 Å². The van der Waals surface area contributed by atoms with Crippen LogP contribution in [-0.2, 0) is 6.54 Å². The number of phenolic OH excluding ortho intramolecular Hbond substituents is 1. The average molecular weight is 263 g/mol. The molecule has 0 radical (unpaired) electrons. The average Bonchev–Trinajstić information content (AvgIpc) is 2.20. The number of phenols is 1. The van der Waals surface area contributed by atoms with Gasteiger partial charge in [-0.2, -0.15) is 13.2 Å². The first kappa shape index (κ1) is 14.6. The summed E-state index contributed by atoms with van der Waals surface area (Å²) in [7, 11) is 1.39. The van der Waals surface area contributed by atoms with Crippen molar-refractivity contribution in [3.8, 4) is 11.5 Å². The fourth-order valence-corrected chi connectivity index (χ4v) is 1.60. The Kier molecular flexibility index (Phi) is 4.84. The normalized spacial score (nSPS) is 11.9. The van der Waals surface area contributed by atoms with E-state index in [1.807, 2.05) is 0 Å². The molecule has 1 rings (SSSR count). The van der Waals surface area contributed by atoms with Gasteiger partial charge in [-0.15, -0.1) is 0 Å². The van der Waals surface area contributed by atoms with Crippen LogP contribution in [0.5, 0.6) is 11.5 Å². The summed E-state index contributed by atoms with van der Waals surface area (Å²) in [5.74, 6) is 0.273. The number of halogens is 3. The summed E-state index contributed by atoms with van der Waals surface area (Å²) < 4.78 is 41.7. The third kappa shape index (κ3) is 4.83. The van der Waals surface area contributed by atoms with Crippen LogP contribution in [0, 0.1) is 0 Å². The minimum atomic E-state index is -4.21. The molecule has 3 nitrogen and oxygen atoms in total. The van der Waals surface area contributed by atoms with Gasteiger partial charge in [-0.05, 0) is 31.7 Å². The molecule has 0 spiro atoms. The van der Waals surface area contributed by atoms with Crippen molar-refractivity contribution in [1.29, 1.82) is 0 Å². The zero-order valence-corrected chi connectivity index (χ0v) is 10.3. The van der Waals surface area contributed by atoms with E-state index in [0.717, 1.165) is 4.90 Å². The molecule has 0 aromatic heterocycles. The van der Waals surface area contributed by atoms with Crippen LogP contribution in [0.4, 0.5) is 13.2 Å². The van der Waals surface area contributed by atoms with Crippen LogP contribution in [-0.4, -0.2) is 36.4 Å². The van der Waals surface area contributed by atoms with E-state index in [0.29, 0.717) is 12.2 Å². The van der Waals surface area contributed by atoms with Gasteiger partial charge in [0.2, 0.25) is 0 Å². The summed E-state index contributed by atoms with van der Waals surface area (Å²) >= 11 is 0. The number of hydrogen-bond donors (Lipinski definition) is 1. The second-order valence-corrected chi connectivity index (χ2v) is 4.02. The second kappa shape index (κ2) is 5.95. The molecule has 18 heavy (non-hydrogen) atoms. The fraction of sp³-hybridized carbons (Fsp3) is 0.500. The largest absolute Gasteiger partial charge is 0.504 e. The van der Waals surface area contributed by atoms with Crippen LogP contribution in [0.2, 0.25) is 0 Å². The van der Waals surface area contributed by atoms with E-state index in [-0.39, 0.29) is 18.0 Å². The molecule has 6 heteroatoms. The minimum Gasteiger partial charge on any atom is -0.504 e. The number of nitrogens with zero attached hydrogens (tertiary/aromatic N) is 1. The van der Waals surface area contributed by atoms with Gasteiger partial charge < -0.3 is 9.84 Å². The number of aromatic hydroxyl groups is 1. The fourth-order valence-electron chi connectivity index (χ4n) is 1.60. The summed E-state index contributed by atoms with van der Waals surface area (Å²) in [5.41, 5.74) is 0.656. The molecule has 0 unspecified atom stereocenters. The van der Waals surface area contributed by atoms with Crippen molar-refractivity contribution in [2.75, 3.05) is 20.2 Å².